The Morgan fingerprint density at radius 2 is 2.24 bits per heavy atom. The number of fused-ring (bicyclic) bond motifs is 2. The highest BCUT2D eigenvalue weighted by molar-refractivity contribution is 7.09. The standard InChI is InChI=1S/C14H19N3O3S/c1-7(12-16-11(6-21-12)13(18)19)15-14(20)17-10-5-8-2-3-9(10)4-8/h6-10H,2-5H2,1H3,(H,18,19)(H2,15,17,20). The Bertz CT molecular complexity index is 559. The van der Waals surface area contributed by atoms with Crippen LogP contribution in [0.25, 0.3) is 0 Å². The van der Waals surface area contributed by atoms with Crippen LogP contribution in [-0.2, 0) is 0 Å². The van der Waals surface area contributed by atoms with Gasteiger partial charge in [0.15, 0.2) is 5.69 Å². The third-order valence-corrected chi connectivity index (χ3v) is 5.54. The molecule has 2 bridgehead atoms. The molecule has 1 heterocycles. The molecule has 2 aliphatic rings. The second kappa shape index (κ2) is 5.63. The average Bonchev–Trinajstić information content (AvgIpc) is 3.14. The normalized spacial score (nSPS) is 28.3. The van der Waals surface area contributed by atoms with Gasteiger partial charge in [-0.1, -0.05) is 6.42 Å². The van der Waals surface area contributed by atoms with Crippen molar-refractivity contribution in [3.05, 3.63) is 16.1 Å². The number of urea groups is 1. The summed E-state index contributed by atoms with van der Waals surface area (Å²) in [5.41, 5.74) is 0.0251. The van der Waals surface area contributed by atoms with Crippen molar-refractivity contribution in [3.63, 3.8) is 0 Å². The number of rotatable bonds is 4. The molecule has 2 aliphatic carbocycles. The number of nitrogens with zero attached hydrogens (tertiary/aromatic N) is 1. The number of aromatic nitrogens is 1. The van der Waals surface area contributed by atoms with Gasteiger partial charge in [-0.15, -0.1) is 11.3 Å². The van der Waals surface area contributed by atoms with Crippen LogP contribution >= 0.6 is 11.3 Å². The van der Waals surface area contributed by atoms with Crippen LogP contribution in [0.3, 0.4) is 0 Å². The Labute approximate surface area is 127 Å². The van der Waals surface area contributed by atoms with Crippen LogP contribution in [0, 0.1) is 11.8 Å². The molecule has 21 heavy (non-hydrogen) atoms. The first-order chi connectivity index (χ1) is 10.0. The molecule has 2 saturated carbocycles. The summed E-state index contributed by atoms with van der Waals surface area (Å²) in [4.78, 5) is 26.9. The van der Waals surface area contributed by atoms with Gasteiger partial charge in [-0.2, -0.15) is 0 Å². The van der Waals surface area contributed by atoms with Crippen LogP contribution in [-0.4, -0.2) is 28.1 Å². The lowest BCUT2D eigenvalue weighted by atomic mass is 9.95. The summed E-state index contributed by atoms with van der Waals surface area (Å²) in [5.74, 6) is 0.375. The van der Waals surface area contributed by atoms with Gasteiger partial charge in [-0.05, 0) is 38.0 Å². The largest absolute Gasteiger partial charge is 0.476 e. The fourth-order valence-electron chi connectivity index (χ4n) is 3.47. The van der Waals surface area contributed by atoms with E-state index >= 15 is 0 Å². The highest BCUT2D eigenvalue weighted by Crippen LogP contribution is 2.44. The molecular weight excluding hydrogens is 290 g/mol. The van der Waals surface area contributed by atoms with E-state index in [4.69, 9.17) is 5.11 Å². The molecule has 7 heteroatoms. The maximum atomic E-state index is 12.0. The third kappa shape index (κ3) is 3.02. The summed E-state index contributed by atoms with van der Waals surface area (Å²) < 4.78 is 0. The number of hydrogen-bond donors (Lipinski definition) is 3. The fraction of sp³-hybridized carbons (Fsp3) is 0.643. The number of amides is 2. The number of hydrogen-bond acceptors (Lipinski definition) is 4. The van der Waals surface area contributed by atoms with Gasteiger partial charge in [-0.3, -0.25) is 0 Å². The molecule has 1 aromatic heterocycles. The molecule has 4 unspecified atom stereocenters. The van der Waals surface area contributed by atoms with Crippen LogP contribution in [0.1, 0.15) is 54.1 Å². The number of aromatic carboxylic acids is 1. The average molecular weight is 309 g/mol. The quantitative estimate of drug-likeness (QED) is 0.796. The predicted molar refractivity (Wildman–Crippen MR) is 78.4 cm³/mol. The minimum atomic E-state index is -1.05. The van der Waals surface area contributed by atoms with Crippen molar-refractivity contribution in [2.75, 3.05) is 0 Å². The van der Waals surface area contributed by atoms with Gasteiger partial charge in [-0.25, -0.2) is 14.6 Å². The summed E-state index contributed by atoms with van der Waals surface area (Å²) in [6, 6.07) is -0.185. The van der Waals surface area contributed by atoms with Crippen LogP contribution in [0.5, 0.6) is 0 Å². The zero-order valence-corrected chi connectivity index (χ0v) is 12.7. The molecule has 3 rings (SSSR count). The molecule has 114 valence electrons. The van der Waals surface area contributed by atoms with E-state index in [9.17, 15) is 9.59 Å². The van der Waals surface area contributed by atoms with Gasteiger partial charge >= 0.3 is 12.0 Å². The lowest BCUT2D eigenvalue weighted by molar-refractivity contribution is 0.0691. The molecule has 0 aliphatic heterocycles. The highest BCUT2D eigenvalue weighted by atomic mass is 32.1. The van der Waals surface area contributed by atoms with Crippen LogP contribution < -0.4 is 10.6 Å². The monoisotopic (exact) mass is 309 g/mol. The second-order valence-corrected chi connectivity index (χ2v) is 6.89. The van der Waals surface area contributed by atoms with Crippen molar-refractivity contribution < 1.29 is 14.7 Å². The number of nitrogens with one attached hydrogen (secondary N) is 2. The molecule has 2 amide bonds. The summed E-state index contributed by atoms with van der Waals surface area (Å²) >= 11 is 1.25. The van der Waals surface area contributed by atoms with Crippen LogP contribution in [0.15, 0.2) is 5.38 Å². The molecule has 0 saturated heterocycles. The number of thiazole rings is 1. The van der Waals surface area contributed by atoms with Crippen molar-refractivity contribution in [2.45, 2.75) is 44.7 Å². The van der Waals surface area contributed by atoms with Crippen LogP contribution in [0.2, 0.25) is 0 Å². The zero-order valence-electron chi connectivity index (χ0n) is 11.8. The Morgan fingerprint density at radius 3 is 2.81 bits per heavy atom. The lowest BCUT2D eigenvalue weighted by Gasteiger charge is -2.23. The van der Waals surface area contributed by atoms with E-state index in [0.717, 1.165) is 12.3 Å². The summed E-state index contributed by atoms with van der Waals surface area (Å²) in [5, 5.41) is 16.8. The van der Waals surface area contributed by atoms with Gasteiger partial charge in [0.2, 0.25) is 0 Å². The van der Waals surface area contributed by atoms with Crippen molar-refractivity contribution in [1.29, 1.82) is 0 Å². The predicted octanol–water partition coefficient (Wildman–Crippen LogP) is 2.39. The van der Waals surface area contributed by atoms with E-state index in [0.29, 0.717) is 17.0 Å². The molecule has 2 fully saturated rings. The van der Waals surface area contributed by atoms with E-state index < -0.39 is 5.97 Å². The molecule has 0 radical (unpaired) electrons. The summed E-state index contributed by atoms with van der Waals surface area (Å²) in [6.07, 6.45) is 4.86. The molecule has 3 N–H and O–H groups in total. The van der Waals surface area contributed by atoms with E-state index in [1.165, 1.54) is 36.0 Å². The minimum Gasteiger partial charge on any atom is -0.476 e. The first kappa shape index (κ1) is 14.3. The zero-order chi connectivity index (χ0) is 15.0. The summed E-state index contributed by atoms with van der Waals surface area (Å²) in [7, 11) is 0. The smallest absolute Gasteiger partial charge is 0.355 e. The number of carboxylic acid groups (broad SMARTS) is 1. The first-order valence-corrected chi connectivity index (χ1v) is 8.16. The Morgan fingerprint density at radius 1 is 1.43 bits per heavy atom. The SMILES string of the molecule is CC(NC(=O)NC1CC2CCC1C2)c1nc(C(=O)O)cs1. The van der Waals surface area contributed by atoms with Gasteiger partial charge < -0.3 is 15.7 Å². The lowest BCUT2D eigenvalue weighted by Crippen LogP contribution is -2.45. The van der Waals surface area contributed by atoms with Crippen molar-refractivity contribution in [3.8, 4) is 0 Å². The van der Waals surface area contributed by atoms with E-state index in [-0.39, 0.29) is 17.8 Å². The number of carbonyl (C=O) groups is 2. The minimum absolute atomic E-state index is 0.0251. The van der Waals surface area contributed by atoms with Crippen LogP contribution in [0.4, 0.5) is 4.79 Å². The Balaban J connectivity index is 1.53. The van der Waals surface area contributed by atoms with Crippen molar-refractivity contribution in [2.24, 2.45) is 11.8 Å². The van der Waals surface area contributed by atoms with E-state index in [1.807, 2.05) is 6.92 Å². The Kier molecular flexibility index (Phi) is 3.84. The van der Waals surface area contributed by atoms with Crippen molar-refractivity contribution >= 4 is 23.3 Å². The fourth-order valence-corrected chi connectivity index (χ4v) is 4.27. The van der Waals surface area contributed by atoms with Crippen molar-refractivity contribution in [1.82, 2.24) is 15.6 Å². The first-order valence-electron chi connectivity index (χ1n) is 7.28. The van der Waals surface area contributed by atoms with E-state index in [2.05, 4.69) is 15.6 Å². The number of carbonyl (C=O) groups excluding carboxylic acids is 1. The molecule has 4 atom stereocenters. The topological polar surface area (TPSA) is 91.3 Å². The molecular formula is C14H19N3O3S. The summed E-state index contributed by atoms with van der Waals surface area (Å²) in [6.45, 7) is 1.81. The van der Waals surface area contributed by atoms with Gasteiger partial charge in [0.1, 0.15) is 5.01 Å². The second-order valence-electron chi connectivity index (χ2n) is 6.00. The third-order valence-electron chi connectivity index (χ3n) is 4.51. The van der Waals surface area contributed by atoms with Gasteiger partial charge in [0.25, 0.3) is 0 Å². The Hall–Kier alpha value is -1.63. The molecule has 1 aromatic rings. The number of carboxylic acids is 1. The van der Waals surface area contributed by atoms with Gasteiger partial charge in [0, 0.05) is 11.4 Å². The maximum absolute atomic E-state index is 12.0. The molecule has 0 spiro atoms. The maximum Gasteiger partial charge on any atom is 0.355 e. The van der Waals surface area contributed by atoms with Gasteiger partial charge in [0.05, 0.1) is 6.04 Å². The molecule has 0 aromatic carbocycles. The van der Waals surface area contributed by atoms with E-state index in [1.54, 1.807) is 0 Å². The highest BCUT2D eigenvalue weighted by Gasteiger charge is 2.40. The molecule has 6 nitrogen and oxygen atoms in total.